The predicted octanol–water partition coefficient (Wildman–Crippen LogP) is 7.23. The van der Waals surface area contributed by atoms with Crippen molar-refractivity contribution in [1.29, 1.82) is 0 Å². The SMILES string of the molecule is Oc1cccc(/C=N/C2(/N=C/c3cccc(O)c3O)c3ccc4ccccc4c3-c3c2ccc2ccccc32)c1O.[Ni].[Ni]. The maximum atomic E-state index is 10.6. The molecule has 6 aromatic carbocycles. The standard InChI is InChI=1S/C35H24N2O4.2Ni/c38-29-13-5-9-23(33(29)40)19-36-35(37-20-24-10-6-14-30(39)34(24)41)27-17-15-21-7-1-3-11-25(21)31(27)32-26-12-4-2-8-22(26)16-18-28(32)35;;/h1-20,38-41H;;/b36-19+,37-20+;;. The Labute approximate surface area is 267 Å². The first-order valence-corrected chi connectivity index (χ1v) is 13.1. The summed E-state index contributed by atoms with van der Waals surface area (Å²) in [7, 11) is 0. The van der Waals surface area contributed by atoms with E-state index in [9.17, 15) is 20.4 Å². The number of hydrogen-bond donors (Lipinski definition) is 4. The van der Waals surface area contributed by atoms with E-state index in [1.165, 1.54) is 24.6 Å². The summed E-state index contributed by atoms with van der Waals surface area (Å²) >= 11 is 0. The molecule has 1 aliphatic carbocycles. The van der Waals surface area contributed by atoms with Crippen molar-refractivity contribution in [3.63, 3.8) is 0 Å². The first-order valence-electron chi connectivity index (χ1n) is 13.1. The Morgan fingerprint density at radius 3 is 1.33 bits per heavy atom. The summed E-state index contributed by atoms with van der Waals surface area (Å²) in [5, 5.41) is 45.6. The van der Waals surface area contributed by atoms with Gasteiger partial charge in [-0.05, 0) is 56.9 Å². The smallest absolute Gasteiger partial charge is 0.202 e. The largest absolute Gasteiger partial charge is 0.504 e. The summed E-state index contributed by atoms with van der Waals surface area (Å²) in [4.78, 5) is 10.1. The fourth-order valence-corrected chi connectivity index (χ4v) is 5.75. The second kappa shape index (κ2) is 11.6. The van der Waals surface area contributed by atoms with Crippen LogP contribution in [0.4, 0.5) is 0 Å². The second-order valence-corrected chi connectivity index (χ2v) is 10.0. The maximum absolute atomic E-state index is 10.6. The van der Waals surface area contributed by atoms with E-state index < -0.39 is 5.66 Å². The van der Waals surface area contributed by atoms with Crippen molar-refractivity contribution < 1.29 is 53.4 Å². The van der Waals surface area contributed by atoms with Crippen LogP contribution in [-0.2, 0) is 38.6 Å². The van der Waals surface area contributed by atoms with E-state index >= 15 is 0 Å². The Morgan fingerprint density at radius 2 is 0.884 bits per heavy atom. The minimum Gasteiger partial charge on any atom is -0.504 e. The Kier molecular flexibility index (Phi) is 8.03. The van der Waals surface area contributed by atoms with Crippen LogP contribution in [0.2, 0.25) is 0 Å². The van der Waals surface area contributed by atoms with Crippen LogP contribution in [0.1, 0.15) is 22.3 Å². The topological polar surface area (TPSA) is 106 Å². The molecular formula is C35H24N2Ni2O4. The van der Waals surface area contributed by atoms with E-state index in [0.29, 0.717) is 11.1 Å². The van der Waals surface area contributed by atoms with Crippen LogP contribution in [0, 0.1) is 0 Å². The number of aliphatic imine (C=N–C) groups is 2. The second-order valence-electron chi connectivity index (χ2n) is 10.0. The Balaban J connectivity index is 0.00000184. The molecule has 6 aromatic rings. The van der Waals surface area contributed by atoms with Crippen LogP contribution in [0.3, 0.4) is 0 Å². The monoisotopic (exact) mass is 652 g/mol. The van der Waals surface area contributed by atoms with Gasteiger partial charge in [0, 0.05) is 67.7 Å². The summed E-state index contributed by atoms with van der Waals surface area (Å²) < 4.78 is 0. The van der Waals surface area contributed by atoms with Crippen LogP contribution in [0.25, 0.3) is 32.7 Å². The number of nitrogens with zero attached hydrogens (tertiary/aromatic N) is 2. The molecule has 0 saturated carbocycles. The molecule has 1 aliphatic rings. The van der Waals surface area contributed by atoms with E-state index in [2.05, 4.69) is 24.3 Å². The van der Waals surface area contributed by atoms with Gasteiger partial charge < -0.3 is 20.4 Å². The van der Waals surface area contributed by atoms with Crippen LogP contribution in [0.15, 0.2) is 119 Å². The molecule has 0 saturated heterocycles. The van der Waals surface area contributed by atoms with E-state index in [1.807, 2.05) is 48.5 Å². The minimum atomic E-state index is -1.31. The quantitative estimate of drug-likeness (QED) is 0.0915. The van der Waals surface area contributed by atoms with Crippen LogP contribution in [0.5, 0.6) is 23.0 Å². The normalized spacial score (nSPS) is 13.1. The Bertz CT molecular complexity index is 1930. The third-order valence-corrected chi connectivity index (χ3v) is 7.73. The number of phenols is 4. The van der Waals surface area contributed by atoms with E-state index in [-0.39, 0.29) is 56.0 Å². The van der Waals surface area contributed by atoms with Crippen molar-refractivity contribution >= 4 is 34.0 Å². The van der Waals surface area contributed by atoms with E-state index in [0.717, 1.165) is 43.8 Å². The Hall–Kier alpha value is -4.63. The molecule has 0 spiro atoms. The number of phenolic OH excluding ortho intramolecular Hbond substituents is 4. The molecule has 6 nitrogen and oxygen atoms in total. The first-order chi connectivity index (χ1) is 20.0. The van der Waals surface area contributed by atoms with Crippen molar-refractivity contribution in [2.75, 3.05) is 0 Å². The van der Waals surface area contributed by atoms with Gasteiger partial charge in [0.15, 0.2) is 23.0 Å². The molecule has 4 N–H and O–H groups in total. The number of rotatable bonds is 4. The molecule has 0 atom stereocenters. The molecule has 7 rings (SSSR count). The zero-order valence-electron chi connectivity index (χ0n) is 22.4. The van der Waals surface area contributed by atoms with E-state index in [4.69, 9.17) is 9.98 Å². The molecule has 0 unspecified atom stereocenters. The summed E-state index contributed by atoms with van der Waals surface area (Å²) in [5.41, 5.74) is 3.01. The van der Waals surface area contributed by atoms with Crippen LogP contribution in [-0.4, -0.2) is 32.9 Å². The number of benzene rings is 6. The molecule has 0 aliphatic heterocycles. The van der Waals surface area contributed by atoms with Gasteiger partial charge in [0.25, 0.3) is 0 Å². The molecule has 0 heterocycles. The fraction of sp³-hybridized carbons (Fsp3) is 0.0286. The fourth-order valence-electron chi connectivity index (χ4n) is 5.75. The molecule has 0 bridgehead atoms. The number of fused-ring (bicyclic) bond motifs is 7. The van der Waals surface area contributed by atoms with Crippen molar-refractivity contribution in [1.82, 2.24) is 0 Å². The Morgan fingerprint density at radius 1 is 0.465 bits per heavy atom. The van der Waals surface area contributed by atoms with Gasteiger partial charge in [-0.3, -0.25) is 9.98 Å². The van der Waals surface area contributed by atoms with Crippen LogP contribution < -0.4 is 0 Å². The van der Waals surface area contributed by atoms with Crippen molar-refractivity contribution in [3.05, 3.63) is 131 Å². The van der Waals surface area contributed by atoms with Gasteiger partial charge in [0.05, 0.1) is 0 Å². The van der Waals surface area contributed by atoms with E-state index in [1.54, 1.807) is 24.3 Å². The summed E-state index contributed by atoms with van der Waals surface area (Å²) in [6.07, 6.45) is 3.02. The zero-order valence-corrected chi connectivity index (χ0v) is 24.3. The molecule has 0 radical (unpaired) electrons. The van der Waals surface area contributed by atoms with Gasteiger partial charge in [0.2, 0.25) is 5.66 Å². The van der Waals surface area contributed by atoms with Gasteiger partial charge >= 0.3 is 0 Å². The average molecular weight is 654 g/mol. The summed E-state index contributed by atoms with van der Waals surface area (Å²) in [6.45, 7) is 0. The molecule has 43 heavy (non-hydrogen) atoms. The average Bonchev–Trinajstić information content (AvgIpc) is 3.29. The third kappa shape index (κ3) is 4.73. The predicted molar refractivity (Wildman–Crippen MR) is 162 cm³/mol. The zero-order chi connectivity index (χ0) is 28.1. The van der Waals surface area contributed by atoms with Crippen molar-refractivity contribution in [2.24, 2.45) is 9.98 Å². The van der Waals surface area contributed by atoms with Crippen LogP contribution >= 0.6 is 0 Å². The molecule has 0 fully saturated rings. The van der Waals surface area contributed by atoms with Gasteiger partial charge in [-0.25, -0.2) is 0 Å². The molecule has 8 heteroatoms. The number of para-hydroxylation sites is 2. The van der Waals surface area contributed by atoms with Gasteiger partial charge in [-0.2, -0.15) is 0 Å². The molecule has 0 aromatic heterocycles. The summed E-state index contributed by atoms with van der Waals surface area (Å²) in [6, 6.07) is 33.9. The van der Waals surface area contributed by atoms with Gasteiger partial charge in [-0.15, -0.1) is 0 Å². The molecular weight excluding hydrogens is 630 g/mol. The van der Waals surface area contributed by atoms with Crippen molar-refractivity contribution in [3.8, 4) is 34.1 Å². The summed E-state index contributed by atoms with van der Waals surface area (Å²) in [5.74, 6) is -1.06. The maximum Gasteiger partial charge on any atom is 0.202 e. The first kappa shape index (κ1) is 29.8. The molecule has 218 valence electrons. The molecule has 0 amide bonds. The number of aromatic hydroxyl groups is 4. The third-order valence-electron chi connectivity index (χ3n) is 7.73. The van der Waals surface area contributed by atoms with Gasteiger partial charge in [0.1, 0.15) is 0 Å². The number of hydrogen-bond acceptors (Lipinski definition) is 6. The minimum absolute atomic E-state index is 0. The van der Waals surface area contributed by atoms with Crippen molar-refractivity contribution in [2.45, 2.75) is 5.66 Å². The van der Waals surface area contributed by atoms with Gasteiger partial charge in [-0.1, -0.05) is 84.9 Å².